The second-order valence-electron chi connectivity index (χ2n) is 1.69. The highest BCUT2D eigenvalue weighted by atomic mass is 13.9. The highest BCUT2D eigenvalue weighted by Gasteiger charge is 1.81. The van der Waals surface area contributed by atoms with Gasteiger partial charge in [0, 0.05) is 0 Å². The van der Waals surface area contributed by atoms with E-state index >= 15 is 0 Å². The van der Waals surface area contributed by atoms with E-state index in [1.807, 2.05) is 12.2 Å². The third-order valence-electron chi connectivity index (χ3n) is 1.04. The molecule has 0 heteroatoms. The van der Waals surface area contributed by atoms with Crippen LogP contribution in [-0.2, 0) is 0 Å². The largest absolute Gasteiger partial charge is 0.0845 e. The summed E-state index contributed by atoms with van der Waals surface area (Å²) in [6.07, 6.45) is 9.18. The molecule has 0 aromatic carbocycles. The van der Waals surface area contributed by atoms with E-state index in [1.165, 1.54) is 0 Å². The van der Waals surface area contributed by atoms with Crippen molar-refractivity contribution in [3.63, 3.8) is 0 Å². The van der Waals surface area contributed by atoms with Crippen molar-refractivity contribution >= 4 is 0 Å². The monoisotopic (exact) mass is 95.1 g/mol. The van der Waals surface area contributed by atoms with Gasteiger partial charge in [0.15, 0.2) is 0 Å². The predicted molar refractivity (Wildman–Crippen MR) is 32.1 cm³/mol. The molecule has 1 rings (SSSR count). The molecule has 0 bridgehead atoms. The van der Waals surface area contributed by atoms with Gasteiger partial charge in [-0.3, -0.25) is 0 Å². The average molecular weight is 95.2 g/mol. The fraction of sp³-hybridized carbons (Fsp3) is 0.429. The molecule has 0 aromatic rings. The van der Waals surface area contributed by atoms with E-state index in [9.17, 15) is 0 Å². The van der Waals surface area contributed by atoms with Gasteiger partial charge in [0.25, 0.3) is 0 Å². The fourth-order valence-electron chi connectivity index (χ4n) is 0.638. The first kappa shape index (κ1) is 3.48. The quantitative estimate of drug-likeness (QED) is 0.433. The highest BCUT2D eigenvalue weighted by Crippen LogP contribution is 2.01. The molecule has 0 nitrogen and oxygen atoms in total. The maximum Gasteiger partial charge on any atom is 0.0576 e. The molecular formula is C7H10. The first-order valence-corrected chi connectivity index (χ1v) is 2.72. The SMILES string of the molecule is [2H]C1=CC=CCCC1. The summed E-state index contributed by atoms with van der Waals surface area (Å²) < 4.78 is 7.22. The second-order valence-corrected chi connectivity index (χ2v) is 1.69. The van der Waals surface area contributed by atoms with Crippen LogP contribution in [0.1, 0.15) is 20.6 Å². The molecule has 0 heterocycles. The Balaban J connectivity index is 2.52. The molecular weight excluding hydrogens is 84.1 g/mol. The van der Waals surface area contributed by atoms with Crippen LogP contribution in [0.5, 0.6) is 0 Å². The molecule has 1 aliphatic carbocycles. The molecule has 7 heavy (non-hydrogen) atoms. The summed E-state index contributed by atoms with van der Waals surface area (Å²) in [5.41, 5.74) is 0. The highest BCUT2D eigenvalue weighted by molar-refractivity contribution is 5.04. The zero-order valence-electron chi connectivity index (χ0n) is 5.35. The second kappa shape index (κ2) is 2.62. The third kappa shape index (κ3) is 1.58. The lowest BCUT2D eigenvalue weighted by molar-refractivity contribution is 0.876. The van der Waals surface area contributed by atoms with Gasteiger partial charge in [0.2, 0.25) is 0 Å². The van der Waals surface area contributed by atoms with E-state index in [-0.39, 0.29) is 0 Å². The summed E-state index contributed by atoms with van der Waals surface area (Å²) in [4.78, 5) is 0. The van der Waals surface area contributed by atoms with Crippen molar-refractivity contribution in [2.45, 2.75) is 19.3 Å². The topological polar surface area (TPSA) is 0 Å². The van der Waals surface area contributed by atoms with Gasteiger partial charge in [-0.25, -0.2) is 0 Å². The minimum atomic E-state index is 0.763. The lowest BCUT2D eigenvalue weighted by Gasteiger charge is -1.81. The Hall–Kier alpha value is -0.520. The van der Waals surface area contributed by atoms with Gasteiger partial charge in [0.05, 0.1) is 1.37 Å². The molecule has 0 amide bonds. The first-order valence-electron chi connectivity index (χ1n) is 3.22. The molecule has 0 aromatic heterocycles. The number of hydrogen-bond acceptors (Lipinski definition) is 0. The number of allylic oxidation sites excluding steroid dienone is 4. The van der Waals surface area contributed by atoms with Gasteiger partial charge in [-0.05, 0) is 19.3 Å². The van der Waals surface area contributed by atoms with Crippen molar-refractivity contribution in [3.05, 3.63) is 24.3 Å². The molecule has 0 atom stereocenters. The van der Waals surface area contributed by atoms with Crippen molar-refractivity contribution in [1.82, 2.24) is 0 Å². The van der Waals surface area contributed by atoms with Crippen LogP contribution in [0.3, 0.4) is 0 Å². The van der Waals surface area contributed by atoms with Gasteiger partial charge >= 0.3 is 0 Å². The van der Waals surface area contributed by atoms with Crippen molar-refractivity contribution in [2.75, 3.05) is 0 Å². The van der Waals surface area contributed by atoms with E-state index in [0.29, 0.717) is 0 Å². The van der Waals surface area contributed by atoms with E-state index in [0.717, 1.165) is 25.3 Å². The van der Waals surface area contributed by atoms with Crippen LogP contribution in [-0.4, -0.2) is 0 Å². The lowest BCUT2D eigenvalue weighted by Crippen LogP contribution is -1.62. The summed E-state index contributed by atoms with van der Waals surface area (Å²) in [6, 6.07) is 0.763. The molecule has 0 spiro atoms. The smallest absolute Gasteiger partial charge is 0.0576 e. The third-order valence-corrected chi connectivity index (χ3v) is 1.04. The molecule has 0 aliphatic heterocycles. The number of hydrogen-bond donors (Lipinski definition) is 0. The maximum atomic E-state index is 7.22. The normalized spacial score (nSPS) is 22.9. The van der Waals surface area contributed by atoms with Crippen LogP contribution in [0.25, 0.3) is 0 Å². The maximum absolute atomic E-state index is 7.22. The van der Waals surface area contributed by atoms with Gasteiger partial charge < -0.3 is 0 Å². The zero-order valence-corrected chi connectivity index (χ0v) is 4.35. The molecule has 0 saturated carbocycles. The standard InChI is InChI=1S/C7H10/c1-2-4-6-7-5-3-1/h1-4H,5-7H2/i3D. The van der Waals surface area contributed by atoms with Gasteiger partial charge in [-0.1, -0.05) is 24.3 Å². The minimum absolute atomic E-state index is 0.763. The zero-order chi connectivity index (χ0) is 5.82. The summed E-state index contributed by atoms with van der Waals surface area (Å²) in [5.74, 6) is 0. The van der Waals surface area contributed by atoms with E-state index in [2.05, 4.69) is 6.08 Å². The van der Waals surface area contributed by atoms with Crippen LogP contribution < -0.4 is 0 Å². The Bertz CT molecular complexity index is 122. The molecule has 0 unspecified atom stereocenters. The van der Waals surface area contributed by atoms with E-state index < -0.39 is 0 Å². The Morgan fingerprint density at radius 3 is 3.29 bits per heavy atom. The van der Waals surface area contributed by atoms with Crippen molar-refractivity contribution in [1.29, 1.82) is 0 Å². The van der Waals surface area contributed by atoms with Crippen LogP contribution >= 0.6 is 0 Å². The van der Waals surface area contributed by atoms with Crippen LogP contribution in [0.4, 0.5) is 0 Å². The van der Waals surface area contributed by atoms with Gasteiger partial charge in [-0.15, -0.1) is 0 Å². The summed E-state index contributed by atoms with van der Waals surface area (Å²) in [5, 5.41) is 0. The molecule has 38 valence electrons. The average Bonchev–Trinajstić information content (AvgIpc) is 1.94. The molecule has 1 aliphatic rings. The van der Waals surface area contributed by atoms with Gasteiger partial charge in [-0.2, -0.15) is 0 Å². The van der Waals surface area contributed by atoms with Crippen LogP contribution in [0.15, 0.2) is 24.3 Å². The number of rotatable bonds is 0. The molecule has 0 N–H and O–H groups in total. The Labute approximate surface area is 45.9 Å². The Morgan fingerprint density at radius 1 is 1.29 bits per heavy atom. The summed E-state index contributed by atoms with van der Waals surface area (Å²) >= 11 is 0. The van der Waals surface area contributed by atoms with Crippen molar-refractivity contribution in [2.24, 2.45) is 0 Å². The fourth-order valence-corrected chi connectivity index (χ4v) is 0.638. The Morgan fingerprint density at radius 2 is 2.29 bits per heavy atom. The van der Waals surface area contributed by atoms with Crippen molar-refractivity contribution in [3.8, 4) is 0 Å². The Kier molecular flexibility index (Phi) is 1.30. The summed E-state index contributed by atoms with van der Waals surface area (Å²) in [7, 11) is 0. The molecule has 0 saturated heterocycles. The first-order chi connectivity index (χ1) is 3.89. The van der Waals surface area contributed by atoms with Crippen LogP contribution in [0.2, 0.25) is 0 Å². The van der Waals surface area contributed by atoms with E-state index in [1.54, 1.807) is 0 Å². The molecule has 0 radical (unpaired) electrons. The summed E-state index contributed by atoms with van der Waals surface area (Å²) in [6.45, 7) is 0. The molecule has 0 fully saturated rings. The predicted octanol–water partition coefficient (Wildman–Crippen LogP) is 2.28. The van der Waals surface area contributed by atoms with E-state index in [4.69, 9.17) is 1.37 Å². The van der Waals surface area contributed by atoms with Crippen molar-refractivity contribution < 1.29 is 1.37 Å². The minimum Gasteiger partial charge on any atom is -0.0845 e. The van der Waals surface area contributed by atoms with Crippen LogP contribution in [0, 0.1) is 0 Å². The van der Waals surface area contributed by atoms with Gasteiger partial charge in [0.1, 0.15) is 0 Å². The lowest BCUT2D eigenvalue weighted by atomic mass is 10.2.